The first-order valence-electron chi connectivity index (χ1n) is 8.32. The Balaban J connectivity index is 1.75. The molecule has 0 aliphatic carbocycles. The van der Waals surface area contributed by atoms with E-state index in [1.54, 1.807) is 7.11 Å². The Morgan fingerprint density at radius 1 is 1.08 bits per heavy atom. The molecule has 0 saturated carbocycles. The van der Waals surface area contributed by atoms with Gasteiger partial charge in [-0.15, -0.1) is 0 Å². The summed E-state index contributed by atoms with van der Waals surface area (Å²) < 4.78 is 5.14. The zero-order valence-electron chi connectivity index (χ0n) is 14.6. The average molecular weight is 326 g/mol. The first kappa shape index (κ1) is 18.0. The summed E-state index contributed by atoms with van der Waals surface area (Å²) in [5.41, 5.74) is 3.27. The number of carbonyl (C=O) groups is 1. The molecule has 2 aromatic carbocycles. The normalized spacial score (nSPS) is 10.7. The van der Waals surface area contributed by atoms with E-state index in [0.717, 1.165) is 30.0 Å². The standard InChI is InChI=1S/C20H26N2O2/c1-15(2)18-6-4-5-7-19(18)22-20(23)14-21-13-12-16-8-10-17(24-3)11-9-16/h4-11,15,21H,12-14H2,1-3H3,(H,22,23). The van der Waals surface area contributed by atoms with Gasteiger partial charge in [-0.05, 0) is 48.2 Å². The van der Waals surface area contributed by atoms with E-state index < -0.39 is 0 Å². The Morgan fingerprint density at radius 3 is 2.46 bits per heavy atom. The molecule has 0 aliphatic rings. The predicted molar refractivity (Wildman–Crippen MR) is 98.7 cm³/mol. The van der Waals surface area contributed by atoms with Gasteiger partial charge in [0.05, 0.1) is 13.7 Å². The van der Waals surface area contributed by atoms with Crippen LogP contribution >= 0.6 is 0 Å². The number of amides is 1. The minimum Gasteiger partial charge on any atom is -0.497 e. The molecule has 0 bridgehead atoms. The molecule has 128 valence electrons. The van der Waals surface area contributed by atoms with Crippen molar-refractivity contribution >= 4 is 11.6 Å². The highest BCUT2D eigenvalue weighted by molar-refractivity contribution is 5.93. The summed E-state index contributed by atoms with van der Waals surface area (Å²) in [6, 6.07) is 15.9. The van der Waals surface area contributed by atoms with Crippen LogP contribution in [0.25, 0.3) is 0 Å². The van der Waals surface area contributed by atoms with Gasteiger partial charge in [-0.3, -0.25) is 4.79 Å². The third-order valence-corrected chi connectivity index (χ3v) is 3.89. The van der Waals surface area contributed by atoms with E-state index in [1.165, 1.54) is 5.56 Å². The van der Waals surface area contributed by atoms with Gasteiger partial charge in [0.1, 0.15) is 5.75 Å². The molecule has 1 amide bonds. The third kappa shape index (κ3) is 5.39. The molecular weight excluding hydrogens is 300 g/mol. The maximum Gasteiger partial charge on any atom is 0.238 e. The number of carbonyl (C=O) groups excluding carboxylic acids is 1. The third-order valence-electron chi connectivity index (χ3n) is 3.89. The van der Waals surface area contributed by atoms with Crippen LogP contribution < -0.4 is 15.4 Å². The van der Waals surface area contributed by atoms with Gasteiger partial charge in [0, 0.05) is 5.69 Å². The molecule has 0 unspecified atom stereocenters. The topological polar surface area (TPSA) is 50.4 Å². The highest BCUT2D eigenvalue weighted by Gasteiger charge is 2.08. The molecule has 0 fully saturated rings. The minimum atomic E-state index is -0.0159. The van der Waals surface area contributed by atoms with Crippen LogP contribution in [0.4, 0.5) is 5.69 Å². The summed E-state index contributed by atoms with van der Waals surface area (Å²) in [6.07, 6.45) is 0.875. The number of nitrogens with one attached hydrogen (secondary N) is 2. The van der Waals surface area contributed by atoms with Gasteiger partial charge in [0.2, 0.25) is 5.91 Å². The van der Waals surface area contributed by atoms with Crippen molar-refractivity contribution in [3.05, 3.63) is 59.7 Å². The highest BCUT2D eigenvalue weighted by Crippen LogP contribution is 2.23. The van der Waals surface area contributed by atoms with E-state index in [2.05, 4.69) is 30.5 Å². The molecule has 24 heavy (non-hydrogen) atoms. The van der Waals surface area contributed by atoms with Crippen LogP contribution in [0.15, 0.2) is 48.5 Å². The van der Waals surface area contributed by atoms with Crippen molar-refractivity contribution in [1.82, 2.24) is 5.32 Å². The van der Waals surface area contributed by atoms with Crippen molar-refractivity contribution in [2.24, 2.45) is 0 Å². The Bertz CT molecular complexity index is 651. The van der Waals surface area contributed by atoms with Crippen LogP contribution in [0, 0.1) is 0 Å². The predicted octanol–water partition coefficient (Wildman–Crippen LogP) is 3.59. The molecule has 2 N–H and O–H groups in total. The molecule has 4 heteroatoms. The van der Waals surface area contributed by atoms with Crippen LogP contribution in [0.2, 0.25) is 0 Å². The second-order valence-electron chi connectivity index (χ2n) is 6.06. The second kappa shape index (κ2) is 9.08. The number of benzene rings is 2. The van der Waals surface area contributed by atoms with Gasteiger partial charge < -0.3 is 15.4 Å². The highest BCUT2D eigenvalue weighted by atomic mass is 16.5. The summed E-state index contributed by atoms with van der Waals surface area (Å²) in [5.74, 6) is 1.22. The van der Waals surface area contributed by atoms with Crippen LogP contribution in [-0.4, -0.2) is 26.1 Å². The quantitative estimate of drug-likeness (QED) is 0.729. The summed E-state index contributed by atoms with van der Waals surface area (Å²) in [5, 5.41) is 6.18. The van der Waals surface area contributed by atoms with Gasteiger partial charge in [0.25, 0.3) is 0 Å². The Morgan fingerprint density at radius 2 is 1.79 bits per heavy atom. The molecule has 0 aromatic heterocycles. The van der Waals surface area contributed by atoms with Crippen molar-refractivity contribution in [3.8, 4) is 5.75 Å². The molecule has 2 rings (SSSR count). The minimum absolute atomic E-state index is 0.0159. The number of hydrogen-bond acceptors (Lipinski definition) is 3. The molecular formula is C20H26N2O2. The average Bonchev–Trinajstić information content (AvgIpc) is 2.59. The number of hydrogen-bond donors (Lipinski definition) is 2. The van der Waals surface area contributed by atoms with Gasteiger partial charge in [-0.1, -0.05) is 44.2 Å². The Labute approximate surface area is 144 Å². The summed E-state index contributed by atoms with van der Waals surface area (Å²) >= 11 is 0. The summed E-state index contributed by atoms with van der Waals surface area (Å²) in [4.78, 5) is 12.1. The fraction of sp³-hybridized carbons (Fsp3) is 0.350. The number of ether oxygens (including phenoxy) is 1. The SMILES string of the molecule is COc1ccc(CCNCC(=O)Nc2ccccc2C(C)C)cc1. The fourth-order valence-corrected chi connectivity index (χ4v) is 2.54. The molecule has 0 aliphatic heterocycles. The Hall–Kier alpha value is -2.33. The number of methoxy groups -OCH3 is 1. The lowest BCUT2D eigenvalue weighted by Crippen LogP contribution is -2.29. The second-order valence-corrected chi connectivity index (χ2v) is 6.06. The van der Waals surface area contributed by atoms with E-state index in [1.807, 2.05) is 42.5 Å². The molecule has 0 radical (unpaired) electrons. The van der Waals surface area contributed by atoms with Crippen molar-refractivity contribution < 1.29 is 9.53 Å². The Kier molecular flexibility index (Phi) is 6.82. The summed E-state index contributed by atoms with van der Waals surface area (Å²) in [7, 11) is 1.66. The van der Waals surface area contributed by atoms with Crippen molar-refractivity contribution in [1.29, 1.82) is 0 Å². The zero-order chi connectivity index (χ0) is 17.4. The van der Waals surface area contributed by atoms with Gasteiger partial charge in [-0.2, -0.15) is 0 Å². The zero-order valence-corrected chi connectivity index (χ0v) is 14.6. The van der Waals surface area contributed by atoms with E-state index in [4.69, 9.17) is 4.74 Å². The first-order chi connectivity index (χ1) is 11.6. The number of rotatable bonds is 8. The first-order valence-corrected chi connectivity index (χ1v) is 8.32. The maximum absolute atomic E-state index is 12.1. The molecule has 0 heterocycles. The van der Waals surface area contributed by atoms with Crippen LogP contribution in [0.3, 0.4) is 0 Å². The van der Waals surface area contributed by atoms with Crippen LogP contribution in [0.1, 0.15) is 30.9 Å². The van der Waals surface area contributed by atoms with E-state index in [9.17, 15) is 4.79 Å². The van der Waals surface area contributed by atoms with Crippen molar-refractivity contribution in [2.45, 2.75) is 26.2 Å². The molecule has 4 nitrogen and oxygen atoms in total. The van der Waals surface area contributed by atoms with Gasteiger partial charge in [0.15, 0.2) is 0 Å². The lowest BCUT2D eigenvalue weighted by atomic mass is 10.0. The van der Waals surface area contributed by atoms with E-state index in [0.29, 0.717) is 12.5 Å². The van der Waals surface area contributed by atoms with Crippen molar-refractivity contribution in [2.75, 3.05) is 25.5 Å². The largest absolute Gasteiger partial charge is 0.497 e. The maximum atomic E-state index is 12.1. The summed E-state index contributed by atoms with van der Waals surface area (Å²) in [6.45, 7) is 5.31. The molecule has 0 atom stereocenters. The molecule has 0 saturated heterocycles. The van der Waals surface area contributed by atoms with Crippen LogP contribution in [0.5, 0.6) is 5.75 Å². The lowest BCUT2D eigenvalue weighted by Gasteiger charge is -2.14. The van der Waals surface area contributed by atoms with Crippen molar-refractivity contribution in [3.63, 3.8) is 0 Å². The van der Waals surface area contributed by atoms with Gasteiger partial charge >= 0.3 is 0 Å². The molecule has 2 aromatic rings. The smallest absolute Gasteiger partial charge is 0.238 e. The van der Waals surface area contributed by atoms with Crippen LogP contribution in [-0.2, 0) is 11.2 Å². The van der Waals surface area contributed by atoms with E-state index in [-0.39, 0.29) is 5.91 Å². The van der Waals surface area contributed by atoms with Gasteiger partial charge in [-0.25, -0.2) is 0 Å². The monoisotopic (exact) mass is 326 g/mol. The molecule has 0 spiro atoms. The fourth-order valence-electron chi connectivity index (χ4n) is 2.54. The van der Waals surface area contributed by atoms with E-state index >= 15 is 0 Å². The number of para-hydroxylation sites is 1. The number of anilines is 1. The lowest BCUT2D eigenvalue weighted by molar-refractivity contribution is -0.115.